The van der Waals surface area contributed by atoms with Crippen LogP contribution in [0.2, 0.25) is 0 Å². The predicted molar refractivity (Wildman–Crippen MR) is 53.4 cm³/mol. The third-order valence-electron chi connectivity index (χ3n) is 2.05. The van der Waals surface area contributed by atoms with Crippen molar-refractivity contribution >= 4 is 0 Å². The zero-order valence-corrected chi connectivity index (χ0v) is 8.47. The zero-order chi connectivity index (χ0) is 9.40. The van der Waals surface area contributed by atoms with Crippen LogP contribution >= 0.6 is 0 Å². The van der Waals surface area contributed by atoms with Gasteiger partial charge in [0.05, 0.1) is 6.10 Å². The van der Waals surface area contributed by atoms with Crippen molar-refractivity contribution in [2.75, 3.05) is 13.7 Å². The number of nitrogens with one attached hydrogen (secondary N) is 1. The molecule has 0 aromatic carbocycles. The topological polar surface area (TPSA) is 21.3 Å². The summed E-state index contributed by atoms with van der Waals surface area (Å²) in [5.74, 6) is 0. The highest BCUT2D eigenvalue weighted by atomic mass is 16.5. The highest BCUT2D eigenvalue weighted by Gasteiger charge is 2.13. The fraction of sp³-hybridized carbons (Fsp3) is 0.800. The van der Waals surface area contributed by atoms with Crippen LogP contribution in [0.4, 0.5) is 0 Å². The minimum atomic E-state index is 0.292. The Labute approximate surface area is 76.0 Å². The largest absolute Gasteiger partial charge is 0.377 e. The van der Waals surface area contributed by atoms with Crippen LogP contribution in [0, 0.1) is 0 Å². The Balaban J connectivity index is 3.69. The number of hydrogen-bond acceptors (Lipinski definition) is 2. The number of hydrogen-bond donors (Lipinski definition) is 1. The molecular formula is C10H21NO. The van der Waals surface area contributed by atoms with Crippen LogP contribution in [0.5, 0.6) is 0 Å². The molecule has 2 nitrogen and oxygen atoms in total. The summed E-state index contributed by atoms with van der Waals surface area (Å²) in [5.41, 5.74) is 0. The van der Waals surface area contributed by atoms with Gasteiger partial charge in [0.25, 0.3) is 0 Å². The molecule has 0 saturated carbocycles. The molecule has 0 radical (unpaired) electrons. The zero-order valence-electron chi connectivity index (χ0n) is 8.47. The molecule has 0 heterocycles. The Morgan fingerprint density at radius 3 is 2.67 bits per heavy atom. The van der Waals surface area contributed by atoms with E-state index in [0.29, 0.717) is 12.1 Å². The van der Waals surface area contributed by atoms with E-state index in [-0.39, 0.29) is 0 Å². The summed E-state index contributed by atoms with van der Waals surface area (Å²) in [6, 6.07) is 0.447. The van der Waals surface area contributed by atoms with Gasteiger partial charge in [-0.3, -0.25) is 0 Å². The van der Waals surface area contributed by atoms with E-state index in [1.807, 2.05) is 20.0 Å². The number of allylic oxidation sites excluding steroid dienone is 1. The lowest BCUT2D eigenvalue weighted by molar-refractivity contribution is 0.0476. The van der Waals surface area contributed by atoms with Gasteiger partial charge < -0.3 is 10.1 Å². The minimum Gasteiger partial charge on any atom is -0.377 e. The van der Waals surface area contributed by atoms with Crippen molar-refractivity contribution in [1.29, 1.82) is 0 Å². The molecule has 12 heavy (non-hydrogen) atoms. The Hall–Kier alpha value is -0.340. The Bertz CT molecular complexity index is 114. The highest BCUT2D eigenvalue weighted by molar-refractivity contribution is 4.77. The van der Waals surface area contributed by atoms with Crippen molar-refractivity contribution in [3.8, 4) is 0 Å². The van der Waals surface area contributed by atoms with Gasteiger partial charge in [0.2, 0.25) is 0 Å². The molecular weight excluding hydrogens is 150 g/mol. The molecule has 0 aromatic heterocycles. The Morgan fingerprint density at radius 1 is 1.58 bits per heavy atom. The van der Waals surface area contributed by atoms with Crippen LogP contribution < -0.4 is 5.32 Å². The average molecular weight is 171 g/mol. The molecule has 0 rings (SSSR count). The second-order valence-electron chi connectivity index (χ2n) is 2.92. The van der Waals surface area contributed by atoms with Gasteiger partial charge in [0.15, 0.2) is 0 Å². The number of ether oxygens (including phenoxy) is 1. The van der Waals surface area contributed by atoms with Crippen molar-refractivity contribution in [1.82, 2.24) is 5.32 Å². The molecule has 0 aliphatic rings. The lowest BCUT2D eigenvalue weighted by Crippen LogP contribution is -2.37. The maximum Gasteiger partial charge on any atom is 0.0699 e. The molecule has 0 saturated heterocycles. The second-order valence-corrected chi connectivity index (χ2v) is 2.92. The number of likely N-dealkylation sites (N-methyl/N-ethyl adjacent to an activating group) is 1. The van der Waals surface area contributed by atoms with Crippen LogP contribution in [0.15, 0.2) is 12.7 Å². The van der Waals surface area contributed by atoms with E-state index < -0.39 is 0 Å². The SMILES string of the molecule is C=CCCC(NC)C(C)OCC. The van der Waals surface area contributed by atoms with E-state index in [4.69, 9.17) is 4.74 Å². The molecule has 0 aliphatic heterocycles. The first-order chi connectivity index (χ1) is 5.76. The molecule has 2 atom stereocenters. The first kappa shape index (κ1) is 11.7. The van der Waals surface area contributed by atoms with Crippen molar-refractivity contribution in [3.05, 3.63) is 12.7 Å². The molecule has 0 aromatic rings. The van der Waals surface area contributed by atoms with Gasteiger partial charge in [-0.25, -0.2) is 0 Å². The summed E-state index contributed by atoms with van der Waals surface area (Å²) in [7, 11) is 1.98. The fourth-order valence-electron chi connectivity index (χ4n) is 1.29. The third kappa shape index (κ3) is 4.52. The van der Waals surface area contributed by atoms with Crippen LogP contribution in [0.3, 0.4) is 0 Å². The van der Waals surface area contributed by atoms with E-state index in [2.05, 4.69) is 18.8 Å². The first-order valence-corrected chi connectivity index (χ1v) is 4.66. The van der Waals surface area contributed by atoms with Gasteiger partial charge in [-0.05, 0) is 33.7 Å². The normalized spacial score (nSPS) is 15.6. The maximum absolute atomic E-state index is 5.50. The van der Waals surface area contributed by atoms with Gasteiger partial charge in [0, 0.05) is 12.6 Å². The van der Waals surface area contributed by atoms with Crippen molar-refractivity contribution in [3.63, 3.8) is 0 Å². The first-order valence-electron chi connectivity index (χ1n) is 4.66. The molecule has 0 spiro atoms. The van der Waals surface area contributed by atoms with E-state index in [1.54, 1.807) is 0 Å². The van der Waals surface area contributed by atoms with Crippen LogP contribution in [-0.4, -0.2) is 25.8 Å². The monoisotopic (exact) mass is 171 g/mol. The fourth-order valence-corrected chi connectivity index (χ4v) is 1.29. The summed E-state index contributed by atoms with van der Waals surface area (Å²) in [5, 5.41) is 3.25. The number of rotatable bonds is 7. The van der Waals surface area contributed by atoms with Crippen LogP contribution in [0.1, 0.15) is 26.7 Å². The average Bonchev–Trinajstić information content (AvgIpc) is 2.06. The minimum absolute atomic E-state index is 0.292. The van der Waals surface area contributed by atoms with E-state index in [9.17, 15) is 0 Å². The molecule has 1 N–H and O–H groups in total. The molecule has 2 heteroatoms. The lowest BCUT2D eigenvalue weighted by Gasteiger charge is -2.22. The molecule has 2 unspecified atom stereocenters. The van der Waals surface area contributed by atoms with Gasteiger partial charge in [-0.15, -0.1) is 6.58 Å². The molecule has 0 bridgehead atoms. The molecule has 0 fully saturated rings. The Kier molecular flexibility index (Phi) is 7.11. The molecule has 0 aliphatic carbocycles. The summed E-state index contributed by atoms with van der Waals surface area (Å²) >= 11 is 0. The van der Waals surface area contributed by atoms with Gasteiger partial charge >= 0.3 is 0 Å². The summed E-state index contributed by atoms with van der Waals surface area (Å²) in [4.78, 5) is 0. The van der Waals surface area contributed by atoms with E-state index in [1.165, 1.54) is 0 Å². The maximum atomic E-state index is 5.50. The molecule has 72 valence electrons. The quantitative estimate of drug-likeness (QED) is 0.591. The van der Waals surface area contributed by atoms with Crippen LogP contribution in [-0.2, 0) is 4.74 Å². The van der Waals surface area contributed by atoms with Crippen molar-refractivity contribution < 1.29 is 4.74 Å². The standard InChI is InChI=1S/C10H21NO/c1-5-7-8-10(11-4)9(3)12-6-2/h5,9-11H,1,6-8H2,2-4H3. The Morgan fingerprint density at radius 2 is 2.25 bits per heavy atom. The van der Waals surface area contributed by atoms with E-state index in [0.717, 1.165) is 19.4 Å². The molecule has 0 amide bonds. The van der Waals surface area contributed by atoms with E-state index >= 15 is 0 Å². The summed E-state index contributed by atoms with van der Waals surface area (Å²) < 4.78 is 5.50. The van der Waals surface area contributed by atoms with Gasteiger partial charge in [-0.2, -0.15) is 0 Å². The van der Waals surface area contributed by atoms with Crippen molar-refractivity contribution in [2.45, 2.75) is 38.8 Å². The highest BCUT2D eigenvalue weighted by Crippen LogP contribution is 2.05. The second kappa shape index (κ2) is 7.32. The summed E-state index contributed by atoms with van der Waals surface area (Å²) in [6.45, 7) is 8.62. The third-order valence-corrected chi connectivity index (χ3v) is 2.05. The van der Waals surface area contributed by atoms with Crippen LogP contribution in [0.25, 0.3) is 0 Å². The summed E-state index contributed by atoms with van der Waals surface area (Å²) in [6.07, 6.45) is 4.38. The lowest BCUT2D eigenvalue weighted by atomic mass is 10.1. The van der Waals surface area contributed by atoms with Gasteiger partial charge in [-0.1, -0.05) is 6.08 Å². The van der Waals surface area contributed by atoms with Crippen molar-refractivity contribution in [2.24, 2.45) is 0 Å². The van der Waals surface area contributed by atoms with Gasteiger partial charge in [0.1, 0.15) is 0 Å². The predicted octanol–water partition coefficient (Wildman–Crippen LogP) is 1.97. The smallest absolute Gasteiger partial charge is 0.0699 e.